The Morgan fingerprint density at radius 3 is 2.40 bits per heavy atom. The van der Waals surface area contributed by atoms with Gasteiger partial charge in [-0.1, -0.05) is 31.2 Å². The fourth-order valence-corrected chi connectivity index (χ4v) is 3.81. The Labute approximate surface area is 123 Å². The Balaban J connectivity index is 1.78. The Kier molecular flexibility index (Phi) is 4.42. The van der Waals surface area contributed by atoms with Crippen molar-refractivity contribution >= 4 is 0 Å². The van der Waals surface area contributed by atoms with Crippen LogP contribution < -0.4 is 5.32 Å². The second kappa shape index (κ2) is 6.28. The Bertz CT molecular complexity index is 408. The van der Waals surface area contributed by atoms with Crippen LogP contribution in [-0.2, 0) is 0 Å². The van der Waals surface area contributed by atoms with E-state index in [1.54, 1.807) is 5.56 Å². The van der Waals surface area contributed by atoms with Crippen LogP contribution in [0.15, 0.2) is 24.3 Å². The minimum absolute atomic E-state index is 0.621. The number of likely N-dealkylation sites (tertiary alicyclic amines) is 1. The molecule has 2 heteroatoms. The van der Waals surface area contributed by atoms with E-state index in [0.29, 0.717) is 6.04 Å². The third-order valence-electron chi connectivity index (χ3n) is 4.93. The van der Waals surface area contributed by atoms with E-state index in [-0.39, 0.29) is 0 Å². The van der Waals surface area contributed by atoms with E-state index in [2.05, 4.69) is 48.5 Å². The first kappa shape index (κ1) is 14.1. The normalized spacial score (nSPS) is 27.1. The van der Waals surface area contributed by atoms with Crippen LogP contribution in [0.1, 0.15) is 55.7 Å². The smallest absolute Gasteiger partial charge is 0.0388 e. The lowest BCUT2D eigenvalue weighted by Gasteiger charge is -2.28. The van der Waals surface area contributed by atoms with Crippen molar-refractivity contribution in [2.24, 2.45) is 5.92 Å². The topological polar surface area (TPSA) is 15.3 Å². The molecule has 2 aliphatic rings. The van der Waals surface area contributed by atoms with Crippen LogP contribution in [0.5, 0.6) is 0 Å². The molecule has 0 amide bonds. The average molecular weight is 272 g/mol. The molecule has 1 saturated carbocycles. The standard InChI is InChI=1S/C18H28N2/c1-3-11-20-12-10-17(13-19-2)18(20)16-8-6-15(7-9-16)14-4-5-14/h6-9,14,17-19H,3-5,10-13H2,1-2H3. The summed E-state index contributed by atoms with van der Waals surface area (Å²) in [6, 6.07) is 10.2. The number of hydrogen-bond donors (Lipinski definition) is 1. The van der Waals surface area contributed by atoms with Gasteiger partial charge >= 0.3 is 0 Å². The molecule has 0 aromatic heterocycles. The molecule has 2 fully saturated rings. The molecule has 0 spiro atoms. The second-order valence-electron chi connectivity index (χ2n) is 6.53. The molecule has 0 bridgehead atoms. The van der Waals surface area contributed by atoms with Gasteiger partial charge in [0.15, 0.2) is 0 Å². The highest BCUT2D eigenvalue weighted by molar-refractivity contribution is 5.30. The first-order valence-corrected chi connectivity index (χ1v) is 8.32. The maximum absolute atomic E-state index is 3.38. The zero-order valence-electron chi connectivity index (χ0n) is 12.9. The highest BCUT2D eigenvalue weighted by Crippen LogP contribution is 2.42. The van der Waals surface area contributed by atoms with E-state index in [1.165, 1.54) is 44.3 Å². The van der Waals surface area contributed by atoms with Gasteiger partial charge < -0.3 is 5.32 Å². The number of hydrogen-bond acceptors (Lipinski definition) is 2. The summed E-state index contributed by atoms with van der Waals surface area (Å²) in [7, 11) is 2.08. The molecule has 110 valence electrons. The Hall–Kier alpha value is -0.860. The van der Waals surface area contributed by atoms with Crippen molar-refractivity contribution in [2.75, 3.05) is 26.7 Å². The van der Waals surface area contributed by atoms with Gasteiger partial charge in [0.05, 0.1) is 0 Å². The summed E-state index contributed by atoms with van der Waals surface area (Å²) in [5, 5.41) is 3.38. The molecule has 1 heterocycles. The van der Waals surface area contributed by atoms with Gasteiger partial charge in [-0.15, -0.1) is 0 Å². The third-order valence-corrected chi connectivity index (χ3v) is 4.93. The molecule has 1 aliphatic carbocycles. The second-order valence-corrected chi connectivity index (χ2v) is 6.53. The first-order valence-electron chi connectivity index (χ1n) is 8.32. The molecule has 2 atom stereocenters. The van der Waals surface area contributed by atoms with Crippen molar-refractivity contribution in [1.29, 1.82) is 0 Å². The van der Waals surface area contributed by atoms with Crippen LogP contribution >= 0.6 is 0 Å². The lowest BCUT2D eigenvalue weighted by Crippen LogP contribution is -2.29. The molecule has 20 heavy (non-hydrogen) atoms. The molecule has 1 N–H and O–H groups in total. The van der Waals surface area contributed by atoms with Gasteiger partial charge in [-0.05, 0) is 75.3 Å². The zero-order valence-corrected chi connectivity index (χ0v) is 12.9. The maximum Gasteiger partial charge on any atom is 0.0388 e. The third kappa shape index (κ3) is 2.91. The quantitative estimate of drug-likeness (QED) is 0.852. The molecule has 2 nitrogen and oxygen atoms in total. The van der Waals surface area contributed by atoms with Crippen molar-refractivity contribution in [2.45, 2.75) is 44.6 Å². The summed E-state index contributed by atoms with van der Waals surface area (Å²) in [6.45, 7) is 5.92. The predicted octanol–water partition coefficient (Wildman–Crippen LogP) is 3.56. The Morgan fingerprint density at radius 1 is 1.10 bits per heavy atom. The minimum Gasteiger partial charge on any atom is -0.319 e. The van der Waals surface area contributed by atoms with Gasteiger partial charge in [0.25, 0.3) is 0 Å². The van der Waals surface area contributed by atoms with Gasteiger partial charge in [-0.2, -0.15) is 0 Å². The average Bonchev–Trinajstić information content (AvgIpc) is 3.24. The van der Waals surface area contributed by atoms with E-state index in [0.717, 1.165) is 18.4 Å². The minimum atomic E-state index is 0.621. The molecule has 0 radical (unpaired) electrons. The van der Waals surface area contributed by atoms with Crippen molar-refractivity contribution in [3.63, 3.8) is 0 Å². The van der Waals surface area contributed by atoms with Crippen molar-refractivity contribution in [3.05, 3.63) is 35.4 Å². The summed E-state index contributed by atoms with van der Waals surface area (Å²) in [6.07, 6.45) is 5.37. The highest BCUT2D eigenvalue weighted by atomic mass is 15.2. The zero-order chi connectivity index (χ0) is 13.9. The number of rotatable bonds is 6. The van der Waals surface area contributed by atoms with Gasteiger partial charge in [-0.3, -0.25) is 4.90 Å². The first-order chi connectivity index (χ1) is 9.83. The number of benzene rings is 1. The summed E-state index contributed by atoms with van der Waals surface area (Å²) >= 11 is 0. The molecule has 1 aromatic rings. The maximum atomic E-state index is 3.38. The lowest BCUT2D eigenvalue weighted by molar-refractivity contribution is 0.227. The van der Waals surface area contributed by atoms with E-state index in [4.69, 9.17) is 0 Å². The van der Waals surface area contributed by atoms with Gasteiger partial charge in [0.2, 0.25) is 0 Å². The van der Waals surface area contributed by atoms with Crippen molar-refractivity contribution in [1.82, 2.24) is 10.2 Å². The summed E-state index contributed by atoms with van der Waals surface area (Å²) < 4.78 is 0. The fourth-order valence-electron chi connectivity index (χ4n) is 3.81. The molecule has 2 unspecified atom stereocenters. The van der Waals surface area contributed by atoms with Crippen LogP contribution in [-0.4, -0.2) is 31.6 Å². The Morgan fingerprint density at radius 2 is 1.80 bits per heavy atom. The summed E-state index contributed by atoms with van der Waals surface area (Å²) in [4.78, 5) is 2.69. The largest absolute Gasteiger partial charge is 0.319 e. The van der Waals surface area contributed by atoms with Crippen molar-refractivity contribution < 1.29 is 0 Å². The van der Waals surface area contributed by atoms with E-state index >= 15 is 0 Å². The van der Waals surface area contributed by atoms with Crippen molar-refractivity contribution in [3.8, 4) is 0 Å². The summed E-state index contributed by atoms with van der Waals surface area (Å²) in [5.74, 6) is 1.63. The molecule has 3 rings (SSSR count). The monoisotopic (exact) mass is 272 g/mol. The number of nitrogens with zero attached hydrogens (tertiary/aromatic N) is 1. The van der Waals surface area contributed by atoms with Crippen LogP contribution in [0.2, 0.25) is 0 Å². The van der Waals surface area contributed by atoms with Gasteiger partial charge in [0.1, 0.15) is 0 Å². The van der Waals surface area contributed by atoms with E-state index < -0.39 is 0 Å². The molecule has 1 aliphatic heterocycles. The van der Waals surface area contributed by atoms with Crippen LogP contribution in [0, 0.1) is 5.92 Å². The fraction of sp³-hybridized carbons (Fsp3) is 0.667. The number of nitrogens with one attached hydrogen (secondary N) is 1. The SMILES string of the molecule is CCCN1CCC(CNC)C1c1ccc(C2CC2)cc1. The van der Waals surface area contributed by atoms with E-state index in [1.807, 2.05) is 0 Å². The predicted molar refractivity (Wildman–Crippen MR) is 85.1 cm³/mol. The molecular formula is C18H28N2. The van der Waals surface area contributed by atoms with Crippen LogP contribution in [0.4, 0.5) is 0 Å². The van der Waals surface area contributed by atoms with Crippen LogP contribution in [0.25, 0.3) is 0 Å². The molecule has 1 saturated heterocycles. The van der Waals surface area contributed by atoms with Gasteiger partial charge in [-0.25, -0.2) is 0 Å². The highest BCUT2D eigenvalue weighted by Gasteiger charge is 2.34. The lowest BCUT2D eigenvalue weighted by atomic mass is 9.92. The van der Waals surface area contributed by atoms with Crippen LogP contribution in [0.3, 0.4) is 0 Å². The van der Waals surface area contributed by atoms with E-state index in [9.17, 15) is 0 Å². The molecular weight excluding hydrogens is 244 g/mol. The van der Waals surface area contributed by atoms with Gasteiger partial charge in [0, 0.05) is 6.04 Å². The molecule has 1 aromatic carbocycles. The summed E-state index contributed by atoms with van der Waals surface area (Å²) in [5.41, 5.74) is 3.08.